The molecule has 0 atom stereocenters. The van der Waals surface area contributed by atoms with Gasteiger partial charge in [-0.1, -0.05) is 5.16 Å². The van der Waals surface area contributed by atoms with E-state index in [4.69, 9.17) is 10.5 Å². The zero-order chi connectivity index (χ0) is 7.98. The van der Waals surface area contributed by atoms with Gasteiger partial charge < -0.3 is 15.3 Å². The summed E-state index contributed by atoms with van der Waals surface area (Å²) in [6.07, 6.45) is 0.172. The van der Waals surface area contributed by atoms with Crippen LogP contribution in [0.3, 0.4) is 0 Å². The molecule has 10 heavy (non-hydrogen) atoms. The van der Waals surface area contributed by atoms with Crippen molar-refractivity contribution in [3.8, 4) is 0 Å². The van der Waals surface area contributed by atoms with Crippen molar-refractivity contribution in [3.05, 3.63) is 0 Å². The molecular formula is C6H14N2O2. The highest BCUT2D eigenvalue weighted by atomic mass is 16.6. The Bertz CT molecular complexity index is 112. The first-order valence-electron chi connectivity index (χ1n) is 3.14. The van der Waals surface area contributed by atoms with Crippen LogP contribution < -0.4 is 5.73 Å². The number of nitrogens with two attached hydrogens (primary N) is 1. The Kier molecular flexibility index (Phi) is 4.66. The average Bonchev–Trinajstić information content (AvgIpc) is 1.85. The summed E-state index contributed by atoms with van der Waals surface area (Å²) in [5.41, 5.74) is 5.33. The molecule has 0 fully saturated rings. The standard InChI is InChI=1S/C6H14N2O2/c1-5(2)10-4-6(7)8-9-3/h5H,4H2,1-3H3,(H2,7,8). The van der Waals surface area contributed by atoms with Crippen molar-refractivity contribution in [1.82, 2.24) is 0 Å². The number of oxime groups is 1. The molecule has 0 spiro atoms. The average molecular weight is 146 g/mol. The molecule has 0 aliphatic rings. The lowest BCUT2D eigenvalue weighted by Crippen LogP contribution is -2.21. The van der Waals surface area contributed by atoms with Gasteiger partial charge in [0.1, 0.15) is 13.7 Å². The fourth-order valence-corrected chi connectivity index (χ4v) is 0.396. The van der Waals surface area contributed by atoms with Crippen LogP contribution in [0.15, 0.2) is 5.16 Å². The van der Waals surface area contributed by atoms with Gasteiger partial charge in [-0.25, -0.2) is 0 Å². The smallest absolute Gasteiger partial charge is 0.165 e. The molecule has 0 rings (SSSR count). The Morgan fingerprint density at radius 2 is 2.20 bits per heavy atom. The highest BCUT2D eigenvalue weighted by molar-refractivity contribution is 5.80. The van der Waals surface area contributed by atoms with Crippen LogP contribution in [0.25, 0.3) is 0 Å². The predicted octanol–water partition coefficient (Wildman–Crippen LogP) is 0.330. The number of nitrogens with zero attached hydrogens (tertiary/aromatic N) is 1. The van der Waals surface area contributed by atoms with Crippen molar-refractivity contribution in [2.45, 2.75) is 20.0 Å². The normalized spacial score (nSPS) is 12.2. The number of ether oxygens (including phenoxy) is 1. The van der Waals surface area contributed by atoms with Crippen molar-refractivity contribution in [3.63, 3.8) is 0 Å². The highest BCUT2D eigenvalue weighted by Crippen LogP contribution is 1.86. The zero-order valence-corrected chi connectivity index (χ0v) is 6.63. The van der Waals surface area contributed by atoms with Crippen LogP contribution in [0.2, 0.25) is 0 Å². The minimum atomic E-state index is 0.172. The summed E-state index contributed by atoms with van der Waals surface area (Å²) in [5.74, 6) is 0.358. The van der Waals surface area contributed by atoms with Crippen LogP contribution in [0.4, 0.5) is 0 Å². The topological polar surface area (TPSA) is 56.8 Å². The van der Waals surface area contributed by atoms with Crippen LogP contribution in [0.1, 0.15) is 13.8 Å². The van der Waals surface area contributed by atoms with Crippen LogP contribution in [-0.2, 0) is 9.57 Å². The summed E-state index contributed by atoms with van der Waals surface area (Å²) in [7, 11) is 1.45. The molecule has 0 aliphatic carbocycles. The maximum absolute atomic E-state index is 5.33. The molecule has 0 saturated heterocycles. The molecule has 60 valence electrons. The lowest BCUT2D eigenvalue weighted by Gasteiger charge is -2.05. The van der Waals surface area contributed by atoms with Gasteiger partial charge in [-0.2, -0.15) is 0 Å². The summed E-state index contributed by atoms with van der Waals surface area (Å²) >= 11 is 0. The Balaban J connectivity index is 3.39. The van der Waals surface area contributed by atoms with Crippen LogP contribution in [-0.4, -0.2) is 25.7 Å². The van der Waals surface area contributed by atoms with Crippen molar-refractivity contribution >= 4 is 5.84 Å². The van der Waals surface area contributed by atoms with E-state index in [-0.39, 0.29) is 6.10 Å². The molecule has 0 saturated carbocycles. The third-order valence-corrected chi connectivity index (χ3v) is 0.773. The van der Waals surface area contributed by atoms with Gasteiger partial charge in [0, 0.05) is 0 Å². The molecule has 0 radical (unpaired) electrons. The minimum absolute atomic E-state index is 0.172. The summed E-state index contributed by atoms with van der Waals surface area (Å²) in [6.45, 7) is 4.19. The van der Waals surface area contributed by atoms with E-state index < -0.39 is 0 Å². The molecule has 0 aromatic carbocycles. The Labute approximate surface area is 61.0 Å². The number of hydrogen-bond acceptors (Lipinski definition) is 3. The third-order valence-electron chi connectivity index (χ3n) is 0.773. The van der Waals surface area contributed by atoms with E-state index in [0.717, 1.165) is 0 Å². The second-order valence-corrected chi connectivity index (χ2v) is 2.12. The van der Waals surface area contributed by atoms with Crippen LogP contribution in [0, 0.1) is 0 Å². The molecule has 0 bridgehead atoms. The van der Waals surface area contributed by atoms with Gasteiger partial charge in [-0.05, 0) is 13.8 Å². The van der Waals surface area contributed by atoms with E-state index in [1.807, 2.05) is 13.8 Å². The SMILES string of the molecule is CO/N=C(\N)COC(C)C. The van der Waals surface area contributed by atoms with Gasteiger partial charge in [0.15, 0.2) is 5.84 Å². The van der Waals surface area contributed by atoms with Crippen LogP contribution >= 0.6 is 0 Å². The Hall–Kier alpha value is -0.770. The van der Waals surface area contributed by atoms with Gasteiger partial charge >= 0.3 is 0 Å². The maximum Gasteiger partial charge on any atom is 0.165 e. The lowest BCUT2D eigenvalue weighted by molar-refractivity contribution is 0.106. The molecule has 0 aromatic rings. The minimum Gasteiger partial charge on any atom is -0.398 e. The Morgan fingerprint density at radius 3 is 2.60 bits per heavy atom. The maximum atomic E-state index is 5.33. The first-order chi connectivity index (χ1) is 4.66. The van der Waals surface area contributed by atoms with Crippen molar-refractivity contribution in [2.24, 2.45) is 10.9 Å². The van der Waals surface area contributed by atoms with E-state index >= 15 is 0 Å². The van der Waals surface area contributed by atoms with Gasteiger partial charge in [-0.15, -0.1) is 0 Å². The van der Waals surface area contributed by atoms with Gasteiger partial charge in [-0.3, -0.25) is 0 Å². The molecule has 0 amide bonds. The van der Waals surface area contributed by atoms with E-state index in [1.54, 1.807) is 0 Å². The molecule has 0 aliphatic heterocycles. The fourth-order valence-electron chi connectivity index (χ4n) is 0.396. The molecule has 4 heteroatoms. The lowest BCUT2D eigenvalue weighted by atomic mass is 10.5. The van der Waals surface area contributed by atoms with Crippen molar-refractivity contribution in [1.29, 1.82) is 0 Å². The van der Waals surface area contributed by atoms with Crippen LogP contribution in [0.5, 0.6) is 0 Å². The molecule has 2 N–H and O–H groups in total. The largest absolute Gasteiger partial charge is 0.398 e. The first kappa shape index (κ1) is 9.23. The van der Waals surface area contributed by atoms with Crippen molar-refractivity contribution in [2.75, 3.05) is 13.7 Å². The molecular weight excluding hydrogens is 132 g/mol. The molecule has 4 nitrogen and oxygen atoms in total. The van der Waals surface area contributed by atoms with Crippen molar-refractivity contribution < 1.29 is 9.57 Å². The zero-order valence-electron chi connectivity index (χ0n) is 6.63. The Morgan fingerprint density at radius 1 is 1.60 bits per heavy atom. The first-order valence-corrected chi connectivity index (χ1v) is 3.14. The quantitative estimate of drug-likeness (QED) is 0.353. The summed E-state index contributed by atoms with van der Waals surface area (Å²) < 4.78 is 5.12. The van der Waals surface area contributed by atoms with E-state index in [9.17, 15) is 0 Å². The van der Waals surface area contributed by atoms with Gasteiger partial charge in [0.25, 0.3) is 0 Å². The fraction of sp³-hybridized carbons (Fsp3) is 0.833. The van der Waals surface area contributed by atoms with Gasteiger partial charge in [0.2, 0.25) is 0 Å². The summed E-state index contributed by atoms with van der Waals surface area (Å²) in [6, 6.07) is 0. The number of amidine groups is 1. The molecule has 0 aromatic heterocycles. The third kappa shape index (κ3) is 5.37. The predicted molar refractivity (Wildman–Crippen MR) is 39.7 cm³/mol. The van der Waals surface area contributed by atoms with E-state index in [2.05, 4.69) is 9.99 Å². The second-order valence-electron chi connectivity index (χ2n) is 2.12. The molecule has 0 unspecified atom stereocenters. The molecule has 0 heterocycles. The highest BCUT2D eigenvalue weighted by Gasteiger charge is 1.95. The van der Waals surface area contributed by atoms with E-state index in [0.29, 0.717) is 12.4 Å². The number of rotatable bonds is 4. The van der Waals surface area contributed by atoms with E-state index in [1.165, 1.54) is 7.11 Å². The van der Waals surface area contributed by atoms with Gasteiger partial charge in [0.05, 0.1) is 6.10 Å². The number of hydrogen-bond donors (Lipinski definition) is 1. The monoisotopic (exact) mass is 146 g/mol. The summed E-state index contributed by atoms with van der Waals surface area (Å²) in [5, 5.41) is 3.47. The second kappa shape index (κ2) is 5.05. The summed E-state index contributed by atoms with van der Waals surface area (Å²) in [4.78, 5) is 4.42.